The van der Waals surface area contributed by atoms with Gasteiger partial charge in [0.25, 0.3) is 0 Å². The van der Waals surface area contributed by atoms with Gasteiger partial charge in [0.05, 0.1) is 6.54 Å². The Morgan fingerprint density at radius 2 is 2.12 bits per heavy atom. The zero-order chi connectivity index (χ0) is 13.2. The van der Waals surface area contributed by atoms with Gasteiger partial charge in [0, 0.05) is 12.6 Å². The molecule has 1 aromatic rings. The molecule has 0 aliphatic rings. The molecule has 5 nitrogen and oxygen atoms in total. The number of likely N-dealkylation sites (N-methyl/N-ethyl adjacent to an activating group) is 1. The molecule has 0 radical (unpaired) electrons. The van der Waals surface area contributed by atoms with Crippen LogP contribution in [0.2, 0.25) is 0 Å². The molecule has 1 heterocycles. The third kappa shape index (κ3) is 3.45. The van der Waals surface area contributed by atoms with Crippen LogP contribution >= 0.6 is 0 Å². The van der Waals surface area contributed by atoms with Gasteiger partial charge in [0.2, 0.25) is 0 Å². The lowest BCUT2D eigenvalue weighted by Gasteiger charge is -2.10. The number of carboxylic acids is 1. The second-order valence-electron chi connectivity index (χ2n) is 3.74. The van der Waals surface area contributed by atoms with Crippen LogP contribution in [0.3, 0.4) is 0 Å². The van der Waals surface area contributed by atoms with E-state index in [0.717, 1.165) is 4.68 Å². The summed E-state index contributed by atoms with van der Waals surface area (Å²) in [5.41, 5.74) is -1.65. The SMILES string of the molecule is CN(C)CCn1nc(C(F)(F)F)cc1C(=O)O. The first kappa shape index (κ1) is 13.5. The van der Waals surface area contributed by atoms with Crippen LogP contribution in [0.4, 0.5) is 13.2 Å². The Labute approximate surface area is 95.4 Å². The highest BCUT2D eigenvalue weighted by atomic mass is 19.4. The molecule has 0 unspecified atom stereocenters. The highest BCUT2D eigenvalue weighted by Crippen LogP contribution is 2.28. The van der Waals surface area contributed by atoms with E-state index < -0.39 is 23.5 Å². The average Bonchev–Trinajstić information content (AvgIpc) is 2.57. The second kappa shape index (κ2) is 4.74. The molecule has 17 heavy (non-hydrogen) atoms. The highest BCUT2D eigenvalue weighted by Gasteiger charge is 2.35. The Bertz CT molecular complexity index is 412. The van der Waals surface area contributed by atoms with E-state index in [1.807, 2.05) is 0 Å². The molecule has 96 valence electrons. The minimum absolute atomic E-state index is 0.0880. The summed E-state index contributed by atoms with van der Waals surface area (Å²) >= 11 is 0. The number of carbonyl (C=O) groups is 1. The molecule has 0 amide bonds. The van der Waals surface area contributed by atoms with Crippen molar-refractivity contribution in [3.05, 3.63) is 17.5 Å². The van der Waals surface area contributed by atoms with E-state index in [4.69, 9.17) is 5.11 Å². The van der Waals surface area contributed by atoms with E-state index >= 15 is 0 Å². The third-order valence-corrected chi connectivity index (χ3v) is 2.05. The monoisotopic (exact) mass is 251 g/mol. The lowest BCUT2D eigenvalue weighted by Crippen LogP contribution is -2.21. The Hall–Kier alpha value is -1.57. The van der Waals surface area contributed by atoms with Crippen LogP contribution in [0.1, 0.15) is 16.2 Å². The average molecular weight is 251 g/mol. The Morgan fingerprint density at radius 1 is 1.53 bits per heavy atom. The van der Waals surface area contributed by atoms with E-state index in [0.29, 0.717) is 12.6 Å². The van der Waals surface area contributed by atoms with Crippen molar-refractivity contribution in [2.24, 2.45) is 0 Å². The van der Waals surface area contributed by atoms with Crippen molar-refractivity contribution < 1.29 is 23.1 Å². The molecule has 1 rings (SSSR count). The van der Waals surface area contributed by atoms with Gasteiger partial charge in [0.1, 0.15) is 5.69 Å². The first-order valence-corrected chi connectivity index (χ1v) is 4.75. The summed E-state index contributed by atoms with van der Waals surface area (Å²) in [5.74, 6) is -1.42. The van der Waals surface area contributed by atoms with Gasteiger partial charge >= 0.3 is 12.1 Å². The third-order valence-electron chi connectivity index (χ3n) is 2.05. The predicted molar refractivity (Wildman–Crippen MR) is 52.7 cm³/mol. The van der Waals surface area contributed by atoms with Gasteiger partial charge < -0.3 is 10.0 Å². The van der Waals surface area contributed by atoms with Crippen LogP contribution in [0.25, 0.3) is 0 Å². The van der Waals surface area contributed by atoms with Crippen LogP contribution < -0.4 is 0 Å². The molecule has 1 aromatic heterocycles. The van der Waals surface area contributed by atoms with E-state index in [-0.39, 0.29) is 6.54 Å². The zero-order valence-corrected chi connectivity index (χ0v) is 9.32. The van der Waals surface area contributed by atoms with Gasteiger partial charge in [0.15, 0.2) is 5.69 Å². The van der Waals surface area contributed by atoms with Crippen molar-refractivity contribution in [2.45, 2.75) is 12.7 Å². The number of aromatic nitrogens is 2. The summed E-state index contributed by atoms with van der Waals surface area (Å²) in [5, 5.41) is 12.0. The smallest absolute Gasteiger partial charge is 0.435 e. The number of aromatic carboxylic acids is 1. The molecule has 0 aliphatic carbocycles. The molecule has 0 saturated carbocycles. The number of nitrogens with zero attached hydrogens (tertiary/aromatic N) is 3. The van der Waals surface area contributed by atoms with Gasteiger partial charge in [-0.15, -0.1) is 0 Å². The normalized spacial score (nSPS) is 12.1. The summed E-state index contributed by atoms with van der Waals surface area (Å²) in [7, 11) is 3.46. The number of hydrogen-bond acceptors (Lipinski definition) is 3. The standard InChI is InChI=1S/C9H12F3N3O2/c1-14(2)3-4-15-6(8(16)17)5-7(13-15)9(10,11)12/h5H,3-4H2,1-2H3,(H,16,17). The maximum Gasteiger partial charge on any atom is 0.435 e. The van der Waals surface area contributed by atoms with Crippen LogP contribution in [0.5, 0.6) is 0 Å². The molecule has 0 saturated heterocycles. The number of hydrogen-bond donors (Lipinski definition) is 1. The van der Waals surface area contributed by atoms with Crippen molar-refractivity contribution in [3.63, 3.8) is 0 Å². The lowest BCUT2D eigenvalue weighted by atomic mass is 10.3. The van der Waals surface area contributed by atoms with E-state index in [1.165, 1.54) is 0 Å². The van der Waals surface area contributed by atoms with Crippen molar-refractivity contribution in [3.8, 4) is 0 Å². The highest BCUT2D eigenvalue weighted by molar-refractivity contribution is 5.85. The maximum atomic E-state index is 12.4. The molecule has 0 fully saturated rings. The molecule has 0 bridgehead atoms. The molecule has 0 atom stereocenters. The first-order chi connectivity index (χ1) is 7.71. The molecule has 0 aromatic carbocycles. The fourth-order valence-electron chi connectivity index (χ4n) is 1.19. The van der Waals surface area contributed by atoms with Crippen LogP contribution in [0, 0.1) is 0 Å². The minimum Gasteiger partial charge on any atom is -0.477 e. The number of alkyl halides is 3. The molecular formula is C9H12F3N3O2. The lowest BCUT2D eigenvalue weighted by molar-refractivity contribution is -0.141. The molecule has 0 aliphatic heterocycles. The fourth-order valence-corrected chi connectivity index (χ4v) is 1.19. The van der Waals surface area contributed by atoms with Gasteiger partial charge in [-0.3, -0.25) is 4.68 Å². The summed E-state index contributed by atoms with van der Waals surface area (Å²) in [6, 6.07) is 0.540. The van der Waals surface area contributed by atoms with E-state index in [1.54, 1.807) is 19.0 Å². The Morgan fingerprint density at radius 3 is 2.53 bits per heavy atom. The van der Waals surface area contributed by atoms with E-state index in [2.05, 4.69) is 5.10 Å². The molecule has 1 N–H and O–H groups in total. The van der Waals surface area contributed by atoms with Crippen LogP contribution in [-0.4, -0.2) is 46.4 Å². The summed E-state index contributed by atoms with van der Waals surface area (Å²) < 4.78 is 37.9. The zero-order valence-electron chi connectivity index (χ0n) is 9.32. The molecular weight excluding hydrogens is 239 g/mol. The van der Waals surface area contributed by atoms with Crippen molar-refractivity contribution in [1.29, 1.82) is 0 Å². The van der Waals surface area contributed by atoms with Crippen molar-refractivity contribution in [1.82, 2.24) is 14.7 Å². The summed E-state index contributed by atoms with van der Waals surface area (Å²) in [6.07, 6.45) is -4.63. The molecule has 8 heteroatoms. The second-order valence-corrected chi connectivity index (χ2v) is 3.74. The summed E-state index contributed by atoms with van der Waals surface area (Å²) in [4.78, 5) is 12.5. The predicted octanol–water partition coefficient (Wildman–Crippen LogP) is 1.16. The maximum absolute atomic E-state index is 12.4. The molecule has 0 spiro atoms. The van der Waals surface area contributed by atoms with Crippen LogP contribution in [0.15, 0.2) is 6.07 Å². The van der Waals surface area contributed by atoms with Crippen LogP contribution in [-0.2, 0) is 12.7 Å². The quantitative estimate of drug-likeness (QED) is 0.872. The minimum atomic E-state index is -4.63. The van der Waals surface area contributed by atoms with Gasteiger partial charge in [-0.05, 0) is 14.1 Å². The van der Waals surface area contributed by atoms with E-state index in [9.17, 15) is 18.0 Å². The van der Waals surface area contributed by atoms with Gasteiger partial charge in [-0.25, -0.2) is 4.79 Å². The number of rotatable bonds is 4. The largest absolute Gasteiger partial charge is 0.477 e. The van der Waals surface area contributed by atoms with Gasteiger partial charge in [-0.1, -0.05) is 0 Å². The number of halogens is 3. The van der Waals surface area contributed by atoms with Crippen molar-refractivity contribution >= 4 is 5.97 Å². The Balaban J connectivity index is 3.02. The number of carboxylic acid groups (broad SMARTS) is 1. The van der Waals surface area contributed by atoms with Crippen molar-refractivity contribution in [2.75, 3.05) is 20.6 Å². The summed E-state index contributed by atoms with van der Waals surface area (Å²) in [6.45, 7) is 0.490. The Kier molecular flexibility index (Phi) is 3.76. The fraction of sp³-hybridized carbons (Fsp3) is 0.556. The first-order valence-electron chi connectivity index (χ1n) is 4.75. The topological polar surface area (TPSA) is 58.4 Å². The van der Waals surface area contributed by atoms with Gasteiger partial charge in [-0.2, -0.15) is 18.3 Å².